The lowest BCUT2D eigenvalue weighted by atomic mass is 10.2. The second-order valence-corrected chi connectivity index (χ2v) is 2.24. The Bertz CT molecular complexity index is 261. The van der Waals surface area contributed by atoms with Crippen LogP contribution in [-0.4, -0.2) is 0 Å². The summed E-state index contributed by atoms with van der Waals surface area (Å²) in [6.45, 7) is 7.92. The van der Waals surface area contributed by atoms with Crippen LogP contribution in [0.3, 0.4) is 0 Å². The number of rotatable bonds is 0. The van der Waals surface area contributed by atoms with E-state index in [1.54, 1.807) is 0 Å². The van der Waals surface area contributed by atoms with Crippen molar-refractivity contribution in [2.45, 2.75) is 27.7 Å². The van der Waals surface area contributed by atoms with Crippen LogP contribution < -0.4 is 0 Å². The molecule has 0 saturated heterocycles. The highest BCUT2D eigenvalue weighted by Crippen LogP contribution is 2.00. The average molecular weight is 162 g/mol. The zero-order valence-corrected chi connectivity index (χ0v) is 8.31. The Morgan fingerprint density at radius 1 is 1.08 bits per heavy atom. The summed E-state index contributed by atoms with van der Waals surface area (Å²) < 4.78 is 0. The van der Waals surface area contributed by atoms with Gasteiger partial charge in [0.1, 0.15) is 0 Å². The van der Waals surface area contributed by atoms with E-state index in [4.69, 9.17) is 0 Å². The average Bonchev–Trinajstić information content (AvgIpc) is 2.13. The number of hydrogen-bond acceptors (Lipinski definition) is 0. The summed E-state index contributed by atoms with van der Waals surface area (Å²) in [6, 6.07) is 8.21. The first-order valence-corrected chi connectivity index (χ1v) is 4.32. The second kappa shape index (κ2) is 6.49. The second-order valence-electron chi connectivity index (χ2n) is 2.24. The lowest BCUT2D eigenvalue weighted by Crippen LogP contribution is -1.73. The first kappa shape index (κ1) is 10.8. The van der Waals surface area contributed by atoms with Gasteiger partial charge in [0.15, 0.2) is 0 Å². The molecule has 0 atom stereocenters. The number of benzene rings is 1. The molecule has 0 saturated carbocycles. The predicted octanol–water partition coefficient (Wildman–Crippen LogP) is 3.64. The molecule has 0 nitrogen and oxygen atoms in total. The van der Waals surface area contributed by atoms with Crippen LogP contribution in [0.15, 0.2) is 24.3 Å². The van der Waals surface area contributed by atoms with Crippen LogP contribution in [0.25, 0.3) is 0 Å². The molecular formula is C12H18. The Kier molecular flexibility index (Phi) is 5.83. The van der Waals surface area contributed by atoms with Gasteiger partial charge in [-0.05, 0) is 26.0 Å². The van der Waals surface area contributed by atoms with Crippen molar-refractivity contribution in [2.75, 3.05) is 0 Å². The van der Waals surface area contributed by atoms with Crippen LogP contribution in [0, 0.1) is 18.8 Å². The van der Waals surface area contributed by atoms with Gasteiger partial charge in [-0.25, -0.2) is 0 Å². The van der Waals surface area contributed by atoms with E-state index in [-0.39, 0.29) is 1.43 Å². The molecule has 12 heavy (non-hydrogen) atoms. The highest BCUT2D eigenvalue weighted by Gasteiger charge is 1.83. The Morgan fingerprint density at radius 2 is 1.58 bits per heavy atom. The Hall–Kier alpha value is -1.22. The predicted molar refractivity (Wildman–Crippen MR) is 57.2 cm³/mol. The van der Waals surface area contributed by atoms with Gasteiger partial charge in [-0.15, -0.1) is 5.92 Å². The molecule has 0 aliphatic carbocycles. The molecule has 0 heteroatoms. The zero-order chi connectivity index (χ0) is 9.40. The summed E-state index contributed by atoms with van der Waals surface area (Å²) in [5.41, 5.74) is 2.37. The standard InChI is InChI=1S/C10H10.C2H6.H2/c1-3-4-10-7-5-9(2)6-8-10;1-2;/h5-8H,1-2H3;1-2H3;1H. The summed E-state index contributed by atoms with van der Waals surface area (Å²) in [7, 11) is 0. The molecule has 0 aromatic heterocycles. The summed E-state index contributed by atoms with van der Waals surface area (Å²) >= 11 is 0. The first-order chi connectivity index (χ1) is 5.83. The van der Waals surface area contributed by atoms with Crippen LogP contribution >= 0.6 is 0 Å². The van der Waals surface area contributed by atoms with Gasteiger partial charge in [-0.3, -0.25) is 0 Å². The van der Waals surface area contributed by atoms with Crippen molar-refractivity contribution in [1.82, 2.24) is 0 Å². The molecule has 66 valence electrons. The lowest BCUT2D eigenvalue weighted by molar-refractivity contribution is 1.46. The smallest absolute Gasteiger partial charge is 0.0245 e. The summed E-state index contributed by atoms with van der Waals surface area (Å²) in [6.07, 6.45) is 0. The third-order valence-electron chi connectivity index (χ3n) is 1.32. The van der Waals surface area contributed by atoms with E-state index >= 15 is 0 Å². The summed E-state index contributed by atoms with van der Waals surface area (Å²) in [5.74, 6) is 5.84. The molecule has 0 spiro atoms. The normalized spacial score (nSPS) is 7.33. The van der Waals surface area contributed by atoms with Crippen LogP contribution in [0.1, 0.15) is 33.3 Å². The van der Waals surface area contributed by atoms with Crippen molar-refractivity contribution < 1.29 is 1.43 Å². The van der Waals surface area contributed by atoms with Crippen LogP contribution in [0.2, 0.25) is 0 Å². The summed E-state index contributed by atoms with van der Waals surface area (Å²) in [5, 5.41) is 0. The SMILES string of the molecule is CC.CC#Cc1ccc(C)cc1.[HH]. The molecule has 0 bridgehead atoms. The van der Waals surface area contributed by atoms with E-state index < -0.39 is 0 Å². The van der Waals surface area contributed by atoms with E-state index in [1.165, 1.54) is 5.56 Å². The molecule has 0 heterocycles. The fraction of sp³-hybridized carbons (Fsp3) is 0.333. The van der Waals surface area contributed by atoms with Crippen molar-refractivity contribution in [2.24, 2.45) is 0 Å². The lowest BCUT2D eigenvalue weighted by Gasteiger charge is -1.90. The van der Waals surface area contributed by atoms with E-state index in [2.05, 4.69) is 30.9 Å². The van der Waals surface area contributed by atoms with Gasteiger partial charge in [-0.1, -0.05) is 37.5 Å². The van der Waals surface area contributed by atoms with Crippen LogP contribution in [0.5, 0.6) is 0 Å². The molecule has 0 aliphatic rings. The van der Waals surface area contributed by atoms with E-state index in [0.717, 1.165) is 5.56 Å². The molecule has 1 rings (SSSR count). The highest BCUT2D eigenvalue weighted by atomic mass is 13.9. The molecule has 0 radical (unpaired) electrons. The molecular weight excluding hydrogens is 144 g/mol. The first-order valence-electron chi connectivity index (χ1n) is 4.32. The van der Waals surface area contributed by atoms with Crippen molar-refractivity contribution in [3.05, 3.63) is 35.4 Å². The molecule has 0 aliphatic heterocycles. The van der Waals surface area contributed by atoms with Crippen molar-refractivity contribution in [3.8, 4) is 11.8 Å². The Labute approximate surface area is 77.1 Å². The monoisotopic (exact) mass is 162 g/mol. The molecule has 1 aromatic carbocycles. The maximum atomic E-state index is 2.98. The topological polar surface area (TPSA) is 0 Å². The minimum atomic E-state index is 0. The minimum absolute atomic E-state index is 0. The van der Waals surface area contributed by atoms with Gasteiger partial charge in [0.2, 0.25) is 0 Å². The highest BCUT2D eigenvalue weighted by molar-refractivity contribution is 5.35. The van der Waals surface area contributed by atoms with Gasteiger partial charge in [0.05, 0.1) is 0 Å². The van der Waals surface area contributed by atoms with Crippen molar-refractivity contribution in [1.29, 1.82) is 0 Å². The third-order valence-corrected chi connectivity index (χ3v) is 1.32. The molecule has 1 aromatic rings. The summed E-state index contributed by atoms with van der Waals surface area (Å²) in [4.78, 5) is 0. The van der Waals surface area contributed by atoms with Gasteiger partial charge in [0, 0.05) is 6.99 Å². The zero-order valence-electron chi connectivity index (χ0n) is 8.31. The van der Waals surface area contributed by atoms with Crippen molar-refractivity contribution in [3.63, 3.8) is 0 Å². The van der Waals surface area contributed by atoms with Gasteiger partial charge < -0.3 is 0 Å². The fourth-order valence-electron chi connectivity index (χ4n) is 0.781. The third kappa shape index (κ3) is 3.83. The number of aryl methyl sites for hydroxylation is 1. The Balaban J connectivity index is 0. The van der Waals surface area contributed by atoms with E-state index in [1.807, 2.05) is 32.9 Å². The molecule has 0 fully saturated rings. The number of hydrogen-bond donors (Lipinski definition) is 0. The van der Waals surface area contributed by atoms with Gasteiger partial charge in [-0.2, -0.15) is 0 Å². The molecule has 0 amide bonds. The maximum Gasteiger partial charge on any atom is 0.0245 e. The van der Waals surface area contributed by atoms with Crippen LogP contribution in [-0.2, 0) is 0 Å². The largest absolute Gasteiger partial charge is 0.101 e. The van der Waals surface area contributed by atoms with Crippen LogP contribution in [0.4, 0.5) is 0 Å². The quantitative estimate of drug-likeness (QED) is 0.511. The maximum absolute atomic E-state index is 2.98. The van der Waals surface area contributed by atoms with E-state index in [0.29, 0.717) is 0 Å². The van der Waals surface area contributed by atoms with Gasteiger partial charge >= 0.3 is 0 Å². The molecule has 0 N–H and O–H groups in total. The minimum Gasteiger partial charge on any atom is -0.101 e. The fourth-order valence-corrected chi connectivity index (χ4v) is 0.781. The van der Waals surface area contributed by atoms with Gasteiger partial charge in [0.25, 0.3) is 0 Å². The Morgan fingerprint density at radius 3 is 2.00 bits per heavy atom. The van der Waals surface area contributed by atoms with Crippen molar-refractivity contribution >= 4 is 0 Å². The van der Waals surface area contributed by atoms with E-state index in [9.17, 15) is 0 Å². The molecule has 0 unspecified atom stereocenters.